The lowest BCUT2D eigenvalue weighted by atomic mass is 10.1. The van der Waals surface area contributed by atoms with Crippen molar-refractivity contribution in [3.05, 3.63) is 0 Å². The molecule has 0 saturated heterocycles. The van der Waals surface area contributed by atoms with Gasteiger partial charge < -0.3 is 11.5 Å². The highest BCUT2D eigenvalue weighted by molar-refractivity contribution is 5.94. The maximum atomic E-state index is 11.3. The smallest absolute Gasteiger partial charge is 0.252 e. The molecule has 0 aliphatic heterocycles. The van der Waals surface area contributed by atoms with Gasteiger partial charge in [-0.15, -0.1) is 0 Å². The van der Waals surface area contributed by atoms with Gasteiger partial charge in [-0.2, -0.15) is 4.99 Å². The second-order valence-electron chi connectivity index (χ2n) is 3.96. The van der Waals surface area contributed by atoms with Crippen molar-refractivity contribution in [2.45, 2.75) is 20.8 Å². The summed E-state index contributed by atoms with van der Waals surface area (Å²) in [6, 6.07) is 0. The third-order valence-electron chi connectivity index (χ3n) is 2.87. The largest absolute Gasteiger partial charge is 0.370 e. The van der Waals surface area contributed by atoms with Gasteiger partial charge in [-0.25, -0.2) is 0 Å². The molecule has 0 aromatic rings. The van der Waals surface area contributed by atoms with Crippen LogP contribution in [0.15, 0.2) is 4.99 Å². The first-order valence-electron chi connectivity index (χ1n) is 4.01. The third kappa shape index (κ3) is 1.29. The van der Waals surface area contributed by atoms with E-state index in [-0.39, 0.29) is 23.2 Å². The molecule has 0 bridgehead atoms. The summed E-state index contributed by atoms with van der Waals surface area (Å²) in [7, 11) is 0. The molecule has 2 unspecified atom stereocenters. The van der Waals surface area contributed by atoms with E-state index in [0.717, 1.165) is 0 Å². The van der Waals surface area contributed by atoms with Gasteiger partial charge in [0.2, 0.25) is 0 Å². The lowest BCUT2D eigenvalue weighted by Gasteiger charge is -1.97. The zero-order valence-electron chi connectivity index (χ0n) is 7.66. The summed E-state index contributed by atoms with van der Waals surface area (Å²) in [5.41, 5.74) is 10.3. The number of rotatable bonds is 1. The highest BCUT2D eigenvalue weighted by atomic mass is 16.1. The van der Waals surface area contributed by atoms with E-state index in [1.54, 1.807) is 0 Å². The number of aliphatic imine (C=N–C) groups is 1. The average Bonchev–Trinajstić information content (AvgIpc) is 2.30. The third-order valence-corrected chi connectivity index (χ3v) is 2.87. The van der Waals surface area contributed by atoms with Crippen molar-refractivity contribution in [1.29, 1.82) is 0 Å². The lowest BCUT2D eigenvalue weighted by Crippen LogP contribution is -2.25. The van der Waals surface area contributed by atoms with Gasteiger partial charge in [-0.05, 0) is 11.3 Å². The van der Waals surface area contributed by atoms with Gasteiger partial charge in [0.1, 0.15) is 0 Å². The van der Waals surface area contributed by atoms with E-state index < -0.39 is 0 Å². The summed E-state index contributed by atoms with van der Waals surface area (Å²) in [5, 5.41) is 0. The summed E-state index contributed by atoms with van der Waals surface area (Å²) >= 11 is 0. The van der Waals surface area contributed by atoms with Crippen LogP contribution in [-0.4, -0.2) is 11.9 Å². The van der Waals surface area contributed by atoms with E-state index in [0.29, 0.717) is 5.92 Å². The molecule has 1 aliphatic rings. The van der Waals surface area contributed by atoms with Crippen molar-refractivity contribution in [3.8, 4) is 0 Å². The zero-order chi connectivity index (χ0) is 9.52. The molecular weight excluding hydrogens is 154 g/mol. The van der Waals surface area contributed by atoms with Crippen molar-refractivity contribution in [2.75, 3.05) is 0 Å². The van der Waals surface area contributed by atoms with Gasteiger partial charge in [0.15, 0.2) is 5.96 Å². The fourth-order valence-corrected chi connectivity index (χ4v) is 1.62. The van der Waals surface area contributed by atoms with Crippen LogP contribution in [0.1, 0.15) is 20.8 Å². The van der Waals surface area contributed by atoms with Crippen LogP contribution in [-0.2, 0) is 4.79 Å². The summed E-state index contributed by atoms with van der Waals surface area (Å²) in [6.07, 6.45) is 0. The molecule has 2 atom stereocenters. The Balaban J connectivity index is 2.65. The molecule has 68 valence electrons. The molecule has 1 rings (SSSR count). The molecule has 4 nitrogen and oxygen atoms in total. The first kappa shape index (κ1) is 9.03. The summed E-state index contributed by atoms with van der Waals surface area (Å²) in [5.74, 6) is 0.0510. The Morgan fingerprint density at radius 2 is 1.83 bits per heavy atom. The normalized spacial score (nSPS) is 30.9. The van der Waals surface area contributed by atoms with E-state index in [9.17, 15) is 4.79 Å². The summed E-state index contributed by atoms with van der Waals surface area (Å²) < 4.78 is 0. The molecule has 4 heteroatoms. The number of nitrogens with two attached hydrogens (primary N) is 2. The van der Waals surface area contributed by atoms with E-state index in [1.807, 2.05) is 20.8 Å². The van der Waals surface area contributed by atoms with Crippen molar-refractivity contribution in [3.63, 3.8) is 0 Å². The molecule has 12 heavy (non-hydrogen) atoms. The zero-order valence-corrected chi connectivity index (χ0v) is 7.66. The van der Waals surface area contributed by atoms with Gasteiger partial charge in [-0.1, -0.05) is 20.8 Å². The topological polar surface area (TPSA) is 81.5 Å². The molecule has 0 heterocycles. The Morgan fingerprint density at radius 1 is 1.42 bits per heavy atom. The molecule has 0 aromatic carbocycles. The van der Waals surface area contributed by atoms with Crippen LogP contribution in [0.25, 0.3) is 0 Å². The number of nitrogens with zero attached hydrogens (tertiary/aromatic N) is 1. The van der Waals surface area contributed by atoms with E-state index in [2.05, 4.69) is 4.99 Å². The quantitative estimate of drug-likeness (QED) is 0.431. The van der Waals surface area contributed by atoms with E-state index in [4.69, 9.17) is 11.5 Å². The van der Waals surface area contributed by atoms with Crippen LogP contribution in [0.4, 0.5) is 0 Å². The minimum Gasteiger partial charge on any atom is -0.370 e. The SMILES string of the molecule is CC1C(C(=O)N=C(N)N)C1(C)C. The van der Waals surface area contributed by atoms with E-state index in [1.165, 1.54) is 0 Å². The van der Waals surface area contributed by atoms with Crippen LogP contribution in [0.5, 0.6) is 0 Å². The fourth-order valence-electron chi connectivity index (χ4n) is 1.62. The standard InChI is InChI=1S/C8H15N3O/c1-4-5(8(4,2)3)6(12)11-7(9)10/h4-5H,1-3H3,(H4,9,10,11,12). The van der Waals surface area contributed by atoms with Crippen molar-refractivity contribution in [2.24, 2.45) is 33.7 Å². The van der Waals surface area contributed by atoms with Crippen LogP contribution in [0.3, 0.4) is 0 Å². The van der Waals surface area contributed by atoms with Crippen LogP contribution in [0.2, 0.25) is 0 Å². The Kier molecular flexibility index (Phi) is 1.86. The second-order valence-corrected chi connectivity index (χ2v) is 3.96. The summed E-state index contributed by atoms with van der Waals surface area (Å²) in [6.45, 7) is 6.12. The highest BCUT2D eigenvalue weighted by Crippen LogP contribution is 2.58. The second kappa shape index (κ2) is 2.47. The first-order valence-corrected chi connectivity index (χ1v) is 4.01. The maximum Gasteiger partial charge on any atom is 0.252 e. The molecule has 4 N–H and O–H groups in total. The summed E-state index contributed by atoms with van der Waals surface area (Å²) in [4.78, 5) is 14.8. The van der Waals surface area contributed by atoms with Crippen molar-refractivity contribution >= 4 is 11.9 Å². The Morgan fingerprint density at radius 3 is 2.08 bits per heavy atom. The number of amides is 1. The van der Waals surface area contributed by atoms with Crippen molar-refractivity contribution < 1.29 is 4.79 Å². The Hall–Kier alpha value is -1.06. The lowest BCUT2D eigenvalue weighted by molar-refractivity contribution is -0.119. The minimum atomic E-state index is -0.187. The van der Waals surface area contributed by atoms with Crippen LogP contribution in [0, 0.1) is 17.3 Å². The van der Waals surface area contributed by atoms with E-state index >= 15 is 0 Å². The van der Waals surface area contributed by atoms with Crippen molar-refractivity contribution in [1.82, 2.24) is 0 Å². The van der Waals surface area contributed by atoms with Crippen LogP contribution >= 0.6 is 0 Å². The molecule has 1 fully saturated rings. The Bertz CT molecular complexity index is 241. The number of carbonyl (C=O) groups excluding carboxylic acids is 1. The number of carbonyl (C=O) groups is 1. The predicted molar refractivity (Wildman–Crippen MR) is 47.3 cm³/mol. The highest BCUT2D eigenvalue weighted by Gasteiger charge is 2.58. The molecule has 0 aromatic heterocycles. The molecule has 1 saturated carbocycles. The molecule has 0 radical (unpaired) electrons. The average molecular weight is 169 g/mol. The maximum absolute atomic E-state index is 11.3. The minimum absolute atomic E-state index is 0.000370. The molecular formula is C8H15N3O. The fraction of sp³-hybridized carbons (Fsp3) is 0.750. The number of hydrogen-bond donors (Lipinski definition) is 2. The monoisotopic (exact) mass is 169 g/mol. The molecule has 0 spiro atoms. The molecule has 1 amide bonds. The first-order chi connectivity index (χ1) is 5.37. The predicted octanol–water partition coefficient (Wildman–Crippen LogP) is 0.0785. The molecule has 1 aliphatic carbocycles. The van der Waals surface area contributed by atoms with Gasteiger partial charge in [0.25, 0.3) is 5.91 Å². The number of guanidine groups is 1. The Labute approximate surface area is 72.0 Å². The van der Waals surface area contributed by atoms with Gasteiger partial charge in [0.05, 0.1) is 0 Å². The van der Waals surface area contributed by atoms with Crippen LogP contribution < -0.4 is 11.5 Å². The van der Waals surface area contributed by atoms with Gasteiger partial charge >= 0.3 is 0 Å². The van der Waals surface area contributed by atoms with Gasteiger partial charge in [-0.3, -0.25) is 4.79 Å². The van der Waals surface area contributed by atoms with Gasteiger partial charge in [0, 0.05) is 5.92 Å². The number of hydrogen-bond acceptors (Lipinski definition) is 1.